The smallest absolute Gasteiger partial charge is 0.121 e. The zero-order valence-corrected chi connectivity index (χ0v) is 11.0. The Kier molecular flexibility index (Phi) is 5.90. The number of ether oxygens (including phenoxy) is 1. The van der Waals surface area contributed by atoms with Crippen molar-refractivity contribution < 1.29 is 4.74 Å². The summed E-state index contributed by atoms with van der Waals surface area (Å²) in [6, 6.07) is 7.65. The van der Waals surface area contributed by atoms with E-state index in [2.05, 4.69) is 11.2 Å². The Morgan fingerprint density at radius 2 is 2.29 bits per heavy atom. The fourth-order valence-corrected chi connectivity index (χ4v) is 1.87. The van der Waals surface area contributed by atoms with E-state index < -0.39 is 0 Å². The van der Waals surface area contributed by atoms with E-state index in [-0.39, 0.29) is 12.1 Å². The number of rotatable bonds is 6. The third-order valence-corrected chi connectivity index (χ3v) is 2.89. The quantitative estimate of drug-likeness (QED) is 0.785. The number of hydrogen-bond acceptors (Lipinski definition) is 2. The van der Waals surface area contributed by atoms with Crippen molar-refractivity contribution in [1.29, 1.82) is 0 Å². The Morgan fingerprint density at radius 1 is 1.53 bits per heavy atom. The minimum Gasteiger partial charge on any atom is -0.489 e. The summed E-state index contributed by atoms with van der Waals surface area (Å²) in [5.74, 6) is 3.43. The third kappa shape index (κ3) is 4.68. The van der Waals surface area contributed by atoms with Gasteiger partial charge in [-0.2, -0.15) is 0 Å². The number of benzene rings is 1. The first-order valence-corrected chi connectivity index (χ1v) is 6.08. The van der Waals surface area contributed by atoms with Gasteiger partial charge in [-0.15, -0.1) is 12.3 Å². The molecule has 0 bridgehead atoms. The molecule has 0 aliphatic carbocycles. The molecule has 0 saturated heterocycles. The molecule has 92 valence electrons. The zero-order valence-electron chi connectivity index (χ0n) is 10.2. The average Bonchev–Trinajstić information content (AvgIpc) is 2.30. The van der Waals surface area contributed by atoms with Crippen molar-refractivity contribution in [2.24, 2.45) is 0 Å². The molecular weight excluding hydrogens is 234 g/mol. The molecule has 0 spiro atoms. The topological polar surface area (TPSA) is 21.3 Å². The number of nitrogens with one attached hydrogen (secondary N) is 1. The van der Waals surface area contributed by atoms with E-state index in [4.69, 9.17) is 22.8 Å². The molecule has 0 saturated carbocycles. The Bertz CT molecular complexity index is 386. The SMILES string of the molecule is C#CCCC(NC)C(C)Oc1cccc(Cl)c1. The van der Waals surface area contributed by atoms with Gasteiger partial charge in [-0.3, -0.25) is 0 Å². The van der Waals surface area contributed by atoms with Gasteiger partial charge in [-0.1, -0.05) is 17.7 Å². The van der Waals surface area contributed by atoms with E-state index in [1.54, 1.807) is 0 Å². The average molecular weight is 252 g/mol. The van der Waals surface area contributed by atoms with E-state index in [1.807, 2.05) is 38.2 Å². The summed E-state index contributed by atoms with van der Waals surface area (Å²) in [6.07, 6.45) is 6.96. The maximum Gasteiger partial charge on any atom is 0.121 e. The van der Waals surface area contributed by atoms with Crippen molar-refractivity contribution in [3.8, 4) is 18.1 Å². The summed E-state index contributed by atoms with van der Waals surface area (Å²) in [7, 11) is 1.92. The van der Waals surface area contributed by atoms with Crippen LogP contribution in [0, 0.1) is 12.3 Å². The standard InChI is InChI=1S/C14H18ClNO/c1-4-5-9-14(16-3)11(2)17-13-8-6-7-12(15)10-13/h1,6-8,10-11,14,16H,5,9H2,2-3H3. The lowest BCUT2D eigenvalue weighted by molar-refractivity contribution is 0.170. The molecule has 2 unspecified atom stereocenters. The summed E-state index contributed by atoms with van der Waals surface area (Å²) in [5, 5.41) is 3.90. The number of terminal acetylenes is 1. The monoisotopic (exact) mass is 251 g/mol. The Hall–Kier alpha value is -1.17. The lowest BCUT2D eigenvalue weighted by Gasteiger charge is -2.24. The van der Waals surface area contributed by atoms with Crippen molar-refractivity contribution in [1.82, 2.24) is 5.32 Å². The molecule has 1 aromatic carbocycles. The minimum absolute atomic E-state index is 0.0480. The molecule has 1 rings (SSSR count). The highest BCUT2D eigenvalue weighted by atomic mass is 35.5. The van der Waals surface area contributed by atoms with Gasteiger partial charge in [0.15, 0.2) is 0 Å². The normalized spacial score (nSPS) is 13.8. The van der Waals surface area contributed by atoms with Gasteiger partial charge in [-0.05, 0) is 38.6 Å². The van der Waals surface area contributed by atoms with Crippen LogP contribution in [0.25, 0.3) is 0 Å². The van der Waals surface area contributed by atoms with Crippen LogP contribution in [0.15, 0.2) is 24.3 Å². The Morgan fingerprint density at radius 3 is 2.88 bits per heavy atom. The highest BCUT2D eigenvalue weighted by molar-refractivity contribution is 6.30. The van der Waals surface area contributed by atoms with Crippen molar-refractivity contribution >= 4 is 11.6 Å². The second kappa shape index (κ2) is 7.21. The van der Waals surface area contributed by atoms with Gasteiger partial charge in [0.05, 0.1) is 0 Å². The van der Waals surface area contributed by atoms with E-state index >= 15 is 0 Å². The lowest BCUT2D eigenvalue weighted by atomic mass is 10.1. The minimum atomic E-state index is 0.0480. The molecule has 0 amide bonds. The van der Waals surface area contributed by atoms with Crippen LogP contribution in [-0.2, 0) is 0 Å². The third-order valence-electron chi connectivity index (χ3n) is 2.66. The van der Waals surface area contributed by atoms with E-state index in [0.717, 1.165) is 18.6 Å². The van der Waals surface area contributed by atoms with Crippen molar-refractivity contribution in [3.63, 3.8) is 0 Å². The molecule has 3 heteroatoms. The maximum atomic E-state index is 5.90. The molecule has 1 aromatic rings. The molecular formula is C14H18ClNO. The van der Waals surface area contributed by atoms with Gasteiger partial charge in [0.1, 0.15) is 11.9 Å². The number of hydrogen-bond donors (Lipinski definition) is 1. The van der Waals surface area contributed by atoms with Crippen LogP contribution in [-0.4, -0.2) is 19.2 Å². The van der Waals surface area contributed by atoms with Crippen LogP contribution in [0.4, 0.5) is 0 Å². The molecule has 0 aromatic heterocycles. The van der Waals surface area contributed by atoms with Crippen LogP contribution < -0.4 is 10.1 Å². The molecule has 2 nitrogen and oxygen atoms in total. The highest BCUT2D eigenvalue weighted by Gasteiger charge is 2.16. The first-order chi connectivity index (χ1) is 8.17. The van der Waals surface area contributed by atoms with Crippen LogP contribution in [0.3, 0.4) is 0 Å². The maximum absolute atomic E-state index is 5.90. The summed E-state index contributed by atoms with van der Waals surface area (Å²) >= 11 is 5.90. The van der Waals surface area contributed by atoms with Gasteiger partial charge in [-0.25, -0.2) is 0 Å². The van der Waals surface area contributed by atoms with Gasteiger partial charge in [0, 0.05) is 17.5 Å². The fourth-order valence-electron chi connectivity index (χ4n) is 1.69. The first-order valence-electron chi connectivity index (χ1n) is 5.70. The molecule has 0 heterocycles. The second-order valence-corrected chi connectivity index (χ2v) is 4.35. The molecule has 0 fully saturated rings. The lowest BCUT2D eigenvalue weighted by Crippen LogP contribution is -2.39. The highest BCUT2D eigenvalue weighted by Crippen LogP contribution is 2.19. The van der Waals surface area contributed by atoms with E-state index in [1.165, 1.54) is 0 Å². The van der Waals surface area contributed by atoms with Gasteiger partial charge in [0.25, 0.3) is 0 Å². The predicted octanol–water partition coefficient (Wildman–Crippen LogP) is 3.11. The Labute approximate surface area is 108 Å². The summed E-state index contributed by atoms with van der Waals surface area (Å²) in [4.78, 5) is 0. The van der Waals surface area contributed by atoms with Crippen molar-refractivity contribution in [3.05, 3.63) is 29.3 Å². The van der Waals surface area contributed by atoms with Crippen LogP contribution in [0.2, 0.25) is 5.02 Å². The molecule has 2 atom stereocenters. The van der Waals surface area contributed by atoms with E-state index in [9.17, 15) is 0 Å². The van der Waals surface area contributed by atoms with Crippen LogP contribution >= 0.6 is 11.6 Å². The number of likely N-dealkylation sites (N-methyl/N-ethyl adjacent to an activating group) is 1. The summed E-state index contributed by atoms with van der Waals surface area (Å²) < 4.78 is 5.83. The first kappa shape index (κ1) is 13.9. The fraction of sp³-hybridized carbons (Fsp3) is 0.429. The number of halogens is 1. The Balaban J connectivity index is 2.57. The summed E-state index contributed by atoms with van der Waals surface area (Å²) in [6.45, 7) is 2.03. The molecule has 0 radical (unpaired) electrons. The van der Waals surface area contributed by atoms with Gasteiger partial charge >= 0.3 is 0 Å². The van der Waals surface area contributed by atoms with Crippen molar-refractivity contribution in [2.45, 2.75) is 31.9 Å². The summed E-state index contributed by atoms with van der Waals surface area (Å²) in [5.41, 5.74) is 0. The molecule has 17 heavy (non-hydrogen) atoms. The molecule has 0 aliphatic rings. The van der Waals surface area contributed by atoms with Crippen LogP contribution in [0.5, 0.6) is 5.75 Å². The predicted molar refractivity (Wildman–Crippen MR) is 72.5 cm³/mol. The van der Waals surface area contributed by atoms with Crippen LogP contribution in [0.1, 0.15) is 19.8 Å². The van der Waals surface area contributed by atoms with Crippen molar-refractivity contribution in [2.75, 3.05) is 7.05 Å². The van der Waals surface area contributed by atoms with Gasteiger partial charge < -0.3 is 10.1 Å². The van der Waals surface area contributed by atoms with Gasteiger partial charge in [0.2, 0.25) is 0 Å². The largest absolute Gasteiger partial charge is 0.489 e. The van der Waals surface area contributed by atoms with E-state index in [0.29, 0.717) is 5.02 Å². The second-order valence-electron chi connectivity index (χ2n) is 3.92. The molecule has 1 N–H and O–H groups in total. The zero-order chi connectivity index (χ0) is 12.7. The molecule has 0 aliphatic heterocycles.